The van der Waals surface area contributed by atoms with E-state index < -0.39 is 0 Å². The van der Waals surface area contributed by atoms with Crippen LogP contribution in [0.15, 0.2) is 11.9 Å². The second-order valence-electron chi connectivity index (χ2n) is 3.85. The highest BCUT2D eigenvalue weighted by atomic mass is 16.1. The number of Topliss-reactive ketones (excluding diaryl/α,β-unsaturated/α-hetero) is 1. The van der Waals surface area contributed by atoms with Crippen molar-refractivity contribution >= 4 is 5.78 Å². The van der Waals surface area contributed by atoms with Crippen LogP contribution in [0.1, 0.15) is 19.3 Å². The van der Waals surface area contributed by atoms with E-state index in [1.807, 2.05) is 6.20 Å². The highest BCUT2D eigenvalue weighted by molar-refractivity contribution is 5.95. The fraction of sp³-hybridized carbons (Fsp3) is 0.700. The molecule has 3 N–H and O–H groups in total. The first-order valence-electron chi connectivity index (χ1n) is 5.30. The Labute approximate surface area is 84.1 Å². The minimum Gasteiger partial charge on any atom is -0.389 e. The lowest BCUT2D eigenvalue weighted by Crippen LogP contribution is -2.42. The summed E-state index contributed by atoms with van der Waals surface area (Å²) in [4.78, 5) is 11.5. The summed E-state index contributed by atoms with van der Waals surface area (Å²) in [6.07, 6.45) is 4.63. The maximum absolute atomic E-state index is 11.5. The lowest BCUT2D eigenvalue weighted by atomic mass is 10.1. The Morgan fingerprint density at radius 2 is 2.07 bits per heavy atom. The number of allylic oxidation sites excluding steroid dienone is 1. The molecule has 0 aromatic carbocycles. The van der Waals surface area contributed by atoms with E-state index in [0.29, 0.717) is 12.5 Å². The summed E-state index contributed by atoms with van der Waals surface area (Å²) >= 11 is 0. The molecule has 2 rings (SSSR count). The molecule has 1 saturated heterocycles. The van der Waals surface area contributed by atoms with Gasteiger partial charge in [-0.1, -0.05) is 0 Å². The number of hydrogen-bond donors (Lipinski definition) is 3. The van der Waals surface area contributed by atoms with Gasteiger partial charge in [0.05, 0.1) is 5.70 Å². The van der Waals surface area contributed by atoms with Gasteiger partial charge in [-0.3, -0.25) is 4.79 Å². The molecule has 0 radical (unpaired) electrons. The first-order chi connectivity index (χ1) is 6.86. The fourth-order valence-electron chi connectivity index (χ4n) is 1.88. The molecule has 14 heavy (non-hydrogen) atoms. The number of carbonyl (C=O) groups is 1. The van der Waals surface area contributed by atoms with Gasteiger partial charge in [-0.15, -0.1) is 0 Å². The van der Waals surface area contributed by atoms with Crippen molar-refractivity contribution in [1.29, 1.82) is 0 Å². The van der Waals surface area contributed by atoms with Crippen molar-refractivity contribution in [2.24, 2.45) is 0 Å². The number of hydrogen-bond acceptors (Lipinski definition) is 4. The Morgan fingerprint density at radius 1 is 1.29 bits per heavy atom. The average molecular weight is 195 g/mol. The molecule has 0 atom stereocenters. The van der Waals surface area contributed by atoms with Gasteiger partial charge < -0.3 is 16.0 Å². The van der Waals surface area contributed by atoms with Gasteiger partial charge in [0, 0.05) is 25.2 Å². The molecule has 4 heteroatoms. The zero-order chi connectivity index (χ0) is 9.80. The van der Waals surface area contributed by atoms with Crippen LogP contribution in [0.5, 0.6) is 0 Å². The van der Waals surface area contributed by atoms with Crippen LogP contribution in [0.25, 0.3) is 0 Å². The summed E-state index contributed by atoms with van der Waals surface area (Å²) in [5.74, 6) is 0.238. The molecule has 4 nitrogen and oxygen atoms in total. The Kier molecular flexibility index (Phi) is 3.03. The number of nitrogens with one attached hydrogen (secondary N) is 3. The molecule has 0 bridgehead atoms. The van der Waals surface area contributed by atoms with E-state index >= 15 is 0 Å². The molecule has 2 aliphatic rings. The van der Waals surface area contributed by atoms with E-state index in [4.69, 9.17) is 0 Å². The molecule has 0 unspecified atom stereocenters. The van der Waals surface area contributed by atoms with Gasteiger partial charge in [-0.25, -0.2) is 0 Å². The smallest absolute Gasteiger partial charge is 0.181 e. The summed E-state index contributed by atoms with van der Waals surface area (Å²) in [5, 5.41) is 9.71. The molecule has 0 aromatic heterocycles. The Bertz CT molecular complexity index is 244. The predicted octanol–water partition coefficient (Wildman–Crippen LogP) is -0.268. The average Bonchev–Trinajstić information content (AvgIpc) is 2.23. The van der Waals surface area contributed by atoms with Gasteiger partial charge in [-0.05, 0) is 25.9 Å². The van der Waals surface area contributed by atoms with Crippen LogP contribution < -0.4 is 16.0 Å². The second kappa shape index (κ2) is 4.46. The highest BCUT2D eigenvalue weighted by Crippen LogP contribution is 2.07. The highest BCUT2D eigenvalue weighted by Gasteiger charge is 2.18. The van der Waals surface area contributed by atoms with Crippen molar-refractivity contribution in [2.75, 3.05) is 19.6 Å². The van der Waals surface area contributed by atoms with E-state index in [1.165, 1.54) is 0 Å². The summed E-state index contributed by atoms with van der Waals surface area (Å²) in [6.45, 7) is 2.87. The van der Waals surface area contributed by atoms with Crippen LogP contribution in [0.4, 0.5) is 0 Å². The molecule has 0 saturated carbocycles. The topological polar surface area (TPSA) is 53.2 Å². The van der Waals surface area contributed by atoms with E-state index in [1.54, 1.807) is 0 Å². The third-order valence-electron chi connectivity index (χ3n) is 2.74. The summed E-state index contributed by atoms with van der Waals surface area (Å²) in [7, 11) is 0. The van der Waals surface area contributed by atoms with Crippen LogP contribution >= 0.6 is 0 Å². The van der Waals surface area contributed by atoms with Crippen molar-refractivity contribution < 1.29 is 4.79 Å². The molecule has 0 amide bonds. The summed E-state index contributed by atoms with van der Waals surface area (Å²) in [5.41, 5.74) is 0.767. The molecule has 0 spiro atoms. The van der Waals surface area contributed by atoms with Gasteiger partial charge in [0.1, 0.15) is 0 Å². The maximum Gasteiger partial charge on any atom is 0.181 e. The minimum absolute atomic E-state index is 0.238. The first kappa shape index (κ1) is 9.52. The van der Waals surface area contributed by atoms with E-state index in [-0.39, 0.29) is 5.78 Å². The minimum atomic E-state index is 0.238. The van der Waals surface area contributed by atoms with Crippen LogP contribution in [0, 0.1) is 0 Å². The molecule has 78 valence electrons. The Morgan fingerprint density at radius 3 is 2.79 bits per heavy atom. The standard InChI is InChI=1S/C10H17N3O/c14-10-3-6-12-7-9(10)13-8-1-4-11-5-2-8/h7-8,11-13H,1-6H2. The van der Waals surface area contributed by atoms with Crippen LogP contribution in [-0.2, 0) is 4.79 Å². The van der Waals surface area contributed by atoms with Gasteiger partial charge in [0.2, 0.25) is 0 Å². The van der Waals surface area contributed by atoms with Gasteiger partial charge in [0.25, 0.3) is 0 Å². The van der Waals surface area contributed by atoms with E-state index in [9.17, 15) is 4.79 Å². The van der Waals surface area contributed by atoms with Crippen LogP contribution in [0.2, 0.25) is 0 Å². The van der Waals surface area contributed by atoms with Crippen molar-refractivity contribution in [3.8, 4) is 0 Å². The molecular weight excluding hydrogens is 178 g/mol. The lowest BCUT2D eigenvalue weighted by molar-refractivity contribution is -0.116. The molecule has 2 heterocycles. The number of ketones is 1. The largest absolute Gasteiger partial charge is 0.389 e. The Hall–Kier alpha value is -1.03. The third-order valence-corrected chi connectivity index (χ3v) is 2.74. The van der Waals surface area contributed by atoms with Crippen molar-refractivity contribution in [3.63, 3.8) is 0 Å². The maximum atomic E-state index is 11.5. The van der Waals surface area contributed by atoms with Crippen LogP contribution in [0.3, 0.4) is 0 Å². The quantitative estimate of drug-likeness (QED) is 0.568. The third kappa shape index (κ3) is 2.26. The van der Waals surface area contributed by atoms with E-state index in [0.717, 1.165) is 38.2 Å². The molecule has 0 aromatic rings. The number of rotatable bonds is 2. The molecule has 2 aliphatic heterocycles. The molecule has 1 fully saturated rings. The summed E-state index contributed by atoms with van der Waals surface area (Å²) < 4.78 is 0. The predicted molar refractivity (Wildman–Crippen MR) is 54.7 cm³/mol. The van der Waals surface area contributed by atoms with Crippen molar-refractivity contribution in [1.82, 2.24) is 16.0 Å². The SMILES string of the molecule is O=C1CCNC=C1NC1CCNCC1. The normalized spacial score (nSPS) is 24.0. The van der Waals surface area contributed by atoms with Crippen molar-refractivity contribution in [3.05, 3.63) is 11.9 Å². The zero-order valence-corrected chi connectivity index (χ0v) is 8.31. The second-order valence-corrected chi connectivity index (χ2v) is 3.85. The van der Waals surface area contributed by atoms with Gasteiger partial charge >= 0.3 is 0 Å². The number of carbonyl (C=O) groups excluding carboxylic acids is 1. The monoisotopic (exact) mass is 195 g/mol. The first-order valence-corrected chi connectivity index (χ1v) is 5.30. The van der Waals surface area contributed by atoms with Gasteiger partial charge in [0.15, 0.2) is 5.78 Å². The number of piperidine rings is 1. The van der Waals surface area contributed by atoms with Gasteiger partial charge in [-0.2, -0.15) is 0 Å². The summed E-state index contributed by atoms with van der Waals surface area (Å²) in [6, 6.07) is 0.464. The van der Waals surface area contributed by atoms with E-state index in [2.05, 4.69) is 16.0 Å². The zero-order valence-electron chi connectivity index (χ0n) is 8.31. The van der Waals surface area contributed by atoms with Crippen molar-refractivity contribution in [2.45, 2.75) is 25.3 Å². The molecular formula is C10H17N3O. The Balaban J connectivity index is 1.88. The molecule has 0 aliphatic carbocycles. The fourth-order valence-corrected chi connectivity index (χ4v) is 1.88. The van der Waals surface area contributed by atoms with Crippen LogP contribution in [-0.4, -0.2) is 31.5 Å². The lowest BCUT2D eigenvalue weighted by Gasteiger charge is -2.26.